The van der Waals surface area contributed by atoms with Crippen LogP contribution in [0.3, 0.4) is 0 Å². The molecule has 15 heavy (non-hydrogen) atoms. The Hall–Kier alpha value is -0.960. The summed E-state index contributed by atoms with van der Waals surface area (Å²) in [4.78, 5) is 0. The van der Waals surface area contributed by atoms with Crippen LogP contribution in [0.15, 0.2) is 24.3 Å². The fourth-order valence-electron chi connectivity index (χ4n) is 1.26. The normalized spacial score (nSPS) is 11.4. The Morgan fingerprint density at radius 1 is 1.27 bits per heavy atom. The minimum absolute atomic E-state index is 0.176. The Kier molecular flexibility index (Phi) is 3.80. The van der Waals surface area contributed by atoms with Crippen molar-refractivity contribution in [1.29, 1.82) is 5.41 Å². The maximum absolute atomic E-state index is 7.13. The Morgan fingerprint density at radius 2 is 1.80 bits per heavy atom. The van der Waals surface area contributed by atoms with Gasteiger partial charge < -0.3 is 5.73 Å². The highest BCUT2D eigenvalue weighted by molar-refractivity contribution is 8.13. The largest absolute Gasteiger partial charge is 0.379 e. The summed E-state index contributed by atoms with van der Waals surface area (Å²) in [7, 11) is 0. The quantitative estimate of drug-likeness (QED) is 0.596. The number of hydrogen-bond acceptors (Lipinski definition) is 2. The molecule has 0 unspecified atom stereocenters. The Labute approximate surface area is 95.8 Å². The third-order valence-corrected chi connectivity index (χ3v) is 3.00. The van der Waals surface area contributed by atoms with Crippen molar-refractivity contribution in [3.63, 3.8) is 0 Å². The Balaban J connectivity index is 2.69. The first-order valence-electron chi connectivity index (χ1n) is 4.96. The molecular formula is C12H18N2S. The lowest BCUT2D eigenvalue weighted by Crippen LogP contribution is -2.10. The molecule has 0 aliphatic carbocycles. The monoisotopic (exact) mass is 222 g/mol. The van der Waals surface area contributed by atoms with Crippen LogP contribution < -0.4 is 5.73 Å². The van der Waals surface area contributed by atoms with Crippen LogP contribution in [0.4, 0.5) is 0 Å². The molecule has 0 aromatic heterocycles. The number of nitrogens with two attached hydrogens (primary N) is 1. The first kappa shape index (κ1) is 12.1. The van der Waals surface area contributed by atoms with Gasteiger partial charge in [-0.2, -0.15) is 0 Å². The van der Waals surface area contributed by atoms with Gasteiger partial charge in [0, 0.05) is 5.75 Å². The molecule has 82 valence electrons. The summed E-state index contributed by atoms with van der Waals surface area (Å²) < 4.78 is 0. The second-order valence-corrected chi connectivity index (χ2v) is 5.62. The van der Waals surface area contributed by atoms with Crippen LogP contribution in [0.2, 0.25) is 0 Å². The van der Waals surface area contributed by atoms with E-state index in [-0.39, 0.29) is 10.6 Å². The topological polar surface area (TPSA) is 49.9 Å². The van der Waals surface area contributed by atoms with E-state index in [1.807, 2.05) is 0 Å². The number of thioether (sulfide) groups is 1. The van der Waals surface area contributed by atoms with E-state index in [1.54, 1.807) is 0 Å². The van der Waals surface area contributed by atoms with Gasteiger partial charge in [0.25, 0.3) is 0 Å². The van der Waals surface area contributed by atoms with Gasteiger partial charge in [-0.05, 0) is 16.5 Å². The first-order chi connectivity index (χ1) is 6.89. The van der Waals surface area contributed by atoms with Gasteiger partial charge in [0.05, 0.1) is 0 Å². The number of nitrogens with one attached hydrogen (secondary N) is 1. The summed E-state index contributed by atoms with van der Waals surface area (Å²) >= 11 is 1.36. The van der Waals surface area contributed by atoms with Crippen LogP contribution in [-0.4, -0.2) is 5.17 Å². The molecule has 0 saturated carbocycles. The van der Waals surface area contributed by atoms with E-state index >= 15 is 0 Å². The molecule has 0 spiro atoms. The molecule has 1 aromatic rings. The molecular weight excluding hydrogens is 204 g/mol. The second-order valence-electron chi connectivity index (χ2n) is 4.60. The van der Waals surface area contributed by atoms with Crippen molar-refractivity contribution in [1.82, 2.24) is 0 Å². The van der Waals surface area contributed by atoms with E-state index in [2.05, 4.69) is 45.0 Å². The van der Waals surface area contributed by atoms with Crippen molar-refractivity contribution in [3.05, 3.63) is 35.4 Å². The molecule has 0 heterocycles. The average molecular weight is 222 g/mol. The van der Waals surface area contributed by atoms with Gasteiger partial charge in [-0.15, -0.1) is 0 Å². The van der Waals surface area contributed by atoms with E-state index in [0.717, 1.165) is 5.75 Å². The molecule has 1 aromatic carbocycles. The molecule has 0 fully saturated rings. The predicted molar refractivity (Wildman–Crippen MR) is 68.4 cm³/mol. The Morgan fingerprint density at radius 3 is 2.20 bits per heavy atom. The highest BCUT2D eigenvalue weighted by Crippen LogP contribution is 2.23. The first-order valence-corrected chi connectivity index (χ1v) is 5.94. The summed E-state index contributed by atoms with van der Waals surface area (Å²) in [6.45, 7) is 6.60. The average Bonchev–Trinajstić information content (AvgIpc) is 2.14. The van der Waals surface area contributed by atoms with Crippen LogP contribution in [0.25, 0.3) is 0 Å². The van der Waals surface area contributed by atoms with Crippen LogP contribution in [0, 0.1) is 5.41 Å². The summed E-state index contributed by atoms with van der Waals surface area (Å²) in [6.07, 6.45) is 0. The summed E-state index contributed by atoms with van der Waals surface area (Å²) in [5.74, 6) is 0.778. The summed E-state index contributed by atoms with van der Waals surface area (Å²) in [5, 5.41) is 7.30. The SMILES string of the molecule is CC(C)(C)c1ccc(CSC(=N)N)cc1. The van der Waals surface area contributed by atoms with Crippen molar-refractivity contribution < 1.29 is 0 Å². The van der Waals surface area contributed by atoms with Crippen molar-refractivity contribution in [2.45, 2.75) is 31.9 Å². The van der Waals surface area contributed by atoms with Gasteiger partial charge in [-0.3, -0.25) is 5.41 Å². The van der Waals surface area contributed by atoms with Gasteiger partial charge >= 0.3 is 0 Å². The van der Waals surface area contributed by atoms with E-state index in [0.29, 0.717) is 0 Å². The van der Waals surface area contributed by atoms with E-state index in [1.165, 1.54) is 22.9 Å². The third-order valence-electron chi connectivity index (χ3n) is 2.21. The number of hydrogen-bond donors (Lipinski definition) is 2. The third kappa shape index (κ3) is 3.96. The van der Waals surface area contributed by atoms with Gasteiger partial charge in [-0.1, -0.05) is 56.8 Å². The second kappa shape index (κ2) is 4.71. The van der Waals surface area contributed by atoms with Crippen molar-refractivity contribution in [3.8, 4) is 0 Å². The van der Waals surface area contributed by atoms with Gasteiger partial charge in [0.15, 0.2) is 5.17 Å². The molecule has 0 radical (unpaired) electrons. The zero-order valence-corrected chi connectivity index (χ0v) is 10.3. The standard InChI is InChI=1S/C12H18N2S/c1-12(2,3)10-6-4-9(5-7-10)8-15-11(13)14/h4-7H,8H2,1-3H3,(H3,13,14). The van der Waals surface area contributed by atoms with Crippen molar-refractivity contribution in [2.75, 3.05) is 0 Å². The van der Waals surface area contributed by atoms with Gasteiger partial charge in [-0.25, -0.2) is 0 Å². The molecule has 0 amide bonds. The fraction of sp³-hybridized carbons (Fsp3) is 0.417. The molecule has 3 heteroatoms. The lowest BCUT2D eigenvalue weighted by molar-refractivity contribution is 0.590. The Bertz CT molecular complexity index is 336. The smallest absolute Gasteiger partial charge is 0.151 e. The van der Waals surface area contributed by atoms with E-state index in [9.17, 15) is 0 Å². The fourth-order valence-corrected chi connectivity index (χ4v) is 1.78. The molecule has 0 aliphatic rings. The van der Waals surface area contributed by atoms with Crippen LogP contribution in [-0.2, 0) is 11.2 Å². The van der Waals surface area contributed by atoms with Gasteiger partial charge in [0.1, 0.15) is 0 Å². The molecule has 0 saturated heterocycles. The molecule has 2 nitrogen and oxygen atoms in total. The lowest BCUT2D eigenvalue weighted by Gasteiger charge is -2.19. The molecule has 3 N–H and O–H groups in total. The summed E-state index contributed by atoms with van der Waals surface area (Å²) in [5.41, 5.74) is 8.03. The maximum atomic E-state index is 7.13. The van der Waals surface area contributed by atoms with Crippen LogP contribution >= 0.6 is 11.8 Å². The predicted octanol–water partition coefficient (Wildman–Crippen LogP) is 3.11. The highest BCUT2D eigenvalue weighted by Gasteiger charge is 2.12. The van der Waals surface area contributed by atoms with Crippen LogP contribution in [0.1, 0.15) is 31.9 Å². The van der Waals surface area contributed by atoms with E-state index < -0.39 is 0 Å². The molecule has 0 aliphatic heterocycles. The molecule has 1 rings (SSSR count). The van der Waals surface area contributed by atoms with E-state index in [4.69, 9.17) is 11.1 Å². The lowest BCUT2D eigenvalue weighted by atomic mass is 9.87. The minimum atomic E-state index is 0.176. The minimum Gasteiger partial charge on any atom is -0.379 e. The number of amidine groups is 1. The zero-order valence-electron chi connectivity index (χ0n) is 9.50. The maximum Gasteiger partial charge on any atom is 0.151 e. The highest BCUT2D eigenvalue weighted by atomic mass is 32.2. The van der Waals surface area contributed by atoms with Crippen LogP contribution in [0.5, 0.6) is 0 Å². The van der Waals surface area contributed by atoms with Crippen molar-refractivity contribution in [2.24, 2.45) is 5.73 Å². The number of benzene rings is 1. The summed E-state index contributed by atoms with van der Waals surface area (Å²) in [6, 6.07) is 8.51. The zero-order chi connectivity index (χ0) is 11.5. The van der Waals surface area contributed by atoms with Crippen molar-refractivity contribution >= 4 is 16.9 Å². The number of rotatable bonds is 2. The molecule has 0 atom stereocenters. The van der Waals surface area contributed by atoms with Gasteiger partial charge in [0.2, 0.25) is 0 Å². The molecule has 0 bridgehead atoms.